The van der Waals surface area contributed by atoms with Crippen molar-refractivity contribution >= 4 is 34.9 Å². The highest BCUT2D eigenvalue weighted by Gasteiger charge is 2.23. The highest BCUT2D eigenvalue weighted by molar-refractivity contribution is 8.05. The maximum absolute atomic E-state index is 12.7. The zero-order valence-electron chi connectivity index (χ0n) is 25.0. The number of H-pyrrole nitrogens is 1. The first kappa shape index (κ1) is 29.4. The summed E-state index contributed by atoms with van der Waals surface area (Å²) in [7, 11) is 0. The molecule has 0 saturated carbocycles. The Labute approximate surface area is 267 Å². The molecular weight excluding hydrogens is 589 g/mol. The molecule has 0 spiro atoms. The van der Waals surface area contributed by atoms with Crippen molar-refractivity contribution in [1.82, 2.24) is 19.8 Å². The summed E-state index contributed by atoms with van der Waals surface area (Å²) in [4.78, 5) is 32.3. The fraction of sp³-hybridized carbons (Fsp3) is 0.353. The van der Waals surface area contributed by atoms with Crippen LogP contribution >= 0.6 is 23.5 Å². The molecule has 0 aliphatic carbocycles. The third-order valence-electron chi connectivity index (χ3n) is 8.39. The Hall–Kier alpha value is -3.28. The van der Waals surface area contributed by atoms with Crippen LogP contribution in [-0.4, -0.2) is 84.8 Å². The van der Waals surface area contributed by atoms with Gasteiger partial charge in [-0.05, 0) is 48.9 Å². The number of benzene rings is 2. The maximum Gasteiger partial charge on any atom is 0.250 e. The normalized spacial score (nSPS) is 18.0. The van der Waals surface area contributed by atoms with Crippen molar-refractivity contribution in [3.8, 4) is 11.3 Å². The number of ether oxygens (including phenoxy) is 1. The van der Waals surface area contributed by atoms with Gasteiger partial charge in [0.15, 0.2) is 0 Å². The number of rotatable bonds is 8. The molecule has 2 aromatic heterocycles. The second kappa shape index (κ2) is 13.4. The molecular formula is C34H38N6O2S2. The van der Waals surface area contributed by atoms with Crippen LogP contribution in [0, 0.1) is 0 Å². The molecule has 2 aromatic carbocycles. The van der Waals surface area contributed by atoms with E-state index >= 15 is 0 Å². The Morgan fingerprint density at radius 1 is 0.909 bits per heavy atom. The van der Waals surface area contributed by atoms with E-state index in [0.717, 1.165) is 75.0 Å². The van der Waals surface area contributed by atoms with Crippen LogP contribution in [0.2, 0.25) is 0 Å². The molecule has 2 fully saturated rings. The molecule has 4 aromatic rings. The van der Waals surface area contributed by atoms with Crippen LogP contribution in [0.4, 0.5) is 11.4 Å². The molecule has 5 heterocycles. The van der Waals surface area contributed by atoms with Crippen LogP contribution in [0.5, 0.6) is 0 Å². The Bertz CT molecular complexity index is 1650. The van der Waals surface area contributed by atoms with Crippen LogP contribution in [0.3, 0.4) is 0 Å². The Balaban J connectivity index is 0.991. The average Bonchev–Trinajstić information content (AvgIpc) is 3.05. The Morgan fingerprint density at radius 2 is 1.75 bits per heavy atom. The minimum atomic E-state index is -0.0769. The molecule has 0 bridgehead atoms. The molecule has 10 heteroatoms. The summed E-state index contributed by atoms with van der Waals surface area (Å²) in [6.45, 7) is 11.6. The summed E-state index contributed by atoms with van der Waals surface area (Å²) in [5, 5.41) is 3.76. The smallest absolute Gasteiger partial charge is 0.250 e. The van der Waals surface area contributed by atoms with Crippen LogP contribution in [0.15, 0.2) is 97.4 Å². The van der Waals surface area contributed by atoms with Gasteiger partial charge in [0, 0.05) is 113 Å². The van der Waals surface area contributed by atoms with Gasteiger partial charge in [-0.15, -0.1) is 0 Å². The van der Waals surface area contributed by atoms with Crippen molar-refractivity contribution in [1.29, 1.82) is 0 Å². The quantitative estimate of drug-likeness (QED) is 0.232. The number of nitrogens with one attached hydrogen (secondary N) is 2. The van der Waals surface area contributed by atoms with Gasteiger partial charge in [0.1, 0.15) is 0 Å². The summed E-state index contributed by atoms with van der Waals surface area (Å²) in [5.41, 5.74) is 5.24. The molecule has 0 radical (unpaired) electrons. The van der Waals surface area contributed by atoms with Gasteiger partial charge in [0.25, 0.3) is 0 Å². The van der Waals surface area contributed by atoms with E-state index < -0.39 is 0 Å². The van der Waals surface area contributed by atoms with Crippen LogP contribution in [-0.2, 0) is 11.3 Å². The fourth-order valence-electron chi connectivity index (χ4n) is 6.18. The van der Waals surface area contributed by atoms with Crippen molar-refractivity contribution in [2.75, 3.05) is 69.2 Å². The Kier molecular flexibility index (Phi) is 8.95. The predicted octanol–water partition coefficient (Wildman–Crippen LogP) is 5.51. The molecule has 1 atom stereocenters. The van der Waals surface area contributed by atoms with E-state index in [2.05, 4.69) is 85.4 Å². The van der Waals surface area contributed by atoms with E-state index in [1.54, 1.807) is 29.6 Å². The summed E-state index contributed by atoms with van der Waals surface area (Å²) >= 11 is 3.59. The molecule has 3 aliphatic rings. The van der Waals surface area contributed by atoms with Gasteiger partial charge >= 0.3 is 0 Å². The molecule has 2 N–H and O–H groups in total. The first-order chi connectivity index (χ1) is 21.6. The summed E-state index contributed by atoms with van der Waals surface area (Å²) < 4.78 is 5.51. The minimum absolute atomic E-state index is 0.0769. The third-order valence-corrected chi connectivity index (χ3v) is 11.0. The number of aromatic nitrogens is 2. The van der Waals surface area contributed by atoms with Crippen LogP contribution < -0.4 is 15.8 Å². The van der Waals surface area contributed by atoms with Crippen molar-refractivity contribution in [2.45, 2.75) is 39.1 Å². The maximum atomic E-state index is 12.7. The van der Waals surface area contributed by atoms with Crippen LogP contribution in [0.25, 0.3) is 11.3 Å². The average molecular weight is 627 g/mol. The highest BCUT2D eigenvalue weighted by atomic mass is 32.2. The Morgan fingerprint density at radius 3 is 2.57 bits per heavy atom. The largest absolute Gasteiger partial charge is 0.381 e. The van der Waals surface area contributed by atoms with E-state index in [1.165, 1.54) is 25.1 Å². The van der Waals surface area contributed by atoms with Gasteiger partial charge in [-0.2, -0.15) is 0 Å². The van der Waals surface area contributed by atoms with E-state index in [1.807, 2.05) is 18.5 Å². The lowest BCUT2D eigenvalue weighted by Gasteiger charge is -2.36. The summed E-state index contributed by atoms with van der Waals surface area (Å²) in [6.07, 6.45) is 3.81. The summed E-state index contributed by atoms with van der Waals surface area (Å²) in [6, 6.07) is 21.4. The monoisotopic (exact) mass is 626 g/mol. The molecule has 2 saturated heterocycles. The van der Waals surface area contributed by atoms with Gasteiger partial charge < -0.3 is 19.9 Å². The van der Waals surface area contributed by atoms with Gasteiger partial charge in [-0.1, -0.05) is 41.7 Å². The van der Waals surface area contributed by atoms with E-state index in [9.17, 15) is 4.79 Å². The molecule has 1 unspecified atom stereocenters. The zero-order chi connectivity index (χ0) is 29.9. The number of hydrogen-bond donors (Lipinski definition) is 2. The van der Waals surface area contributed by atoms with Crippen molar-refractivity contribution in [3.63, 3.8) is 0 Å². The lowest BCUT2D eigenvalue weighted by Crippen LogP contribution is -2.48. The lowest BCUT2D eigenvalue weighted by atomic mass is 10.1. The number of pyridine rings is 2. The number of aromatic amines is 1. The van der Waals surface area contributed by atoms with Gasteiger partial charge in [-0.25, -0.2) is 0 Å². The molecule has 8 nitrogen and oxygen atoms in total. The van der Waals surface area contributed by atoms with Crippen molar-refractivity contribution < 1.29 is 4.74 Å². The number of nitrogens with zero attached hydrogens (tertiary/aromatic N) is 4. The van der Waals surface area contributed by atoms with Crippen molar-refractivity contribution in [3.05, 3.63) is 89.0 Å². The SMILES string of the molecule is CC(CN1CCN(Cc2cccnc2)CC1)Nc1ccc2c(c1)Sc1cccc(-c3cc(N4CCOCC4)cc(=O)[nH]3)c1S2. The topological polar surface area (TPSA) is 76.7 Å². The van der Waals surface area contributed by atoms with Gasteiger partial charge in [0.2, 0.25) is 5.56 Å². The zero-order valence-corrected chi connectivity index (χ0v) is 26.6. The molecule has 7 rings (SSSR count). The standard InChI is InChI=1S/C34H38N6O2S2/c1-24(22-38-10-12-39(13-11-38)23-25-4-3-9-35-21-25)36-26-7-8-30-32(18-26)43-31-6-2-5-28(34(31)44-30)29-19-27(20-33(41)37-29)40-14-16-42-17-15-40/h2-9,18-21,24,36H,10-17,22-23H2,1H3,(H,37,41). The first-order valence-corrected chi connectivity index (χ1v) is 17.0. The lowest BCUT2D eigenvalue weighted by molar-refractivity contribution is 0.122. The van der Waals surface area contributed by atoms with Crippen LogP contribution in [0.1, 0.15) is 12.5 Å². The predicted molar refractivity (Wildman–Crippen MR) is 179 cm³/mol. The molecule has 228 valence electrons. The highest BCUT2D eigenvalue weighted by Crippen LogP contribution is 2.52. The number of fused-ring (bicyclic) bond motifs is 2. The number of hydrogen-bond acceptors (Lipinski definition) is 9. The van der Waals surface area contributed by atoms with Gasteiger partial charge in [-0.3, -0.25) is 19.6 Å². The van der Waals surface area contributed by atoms with Gasteiger partial charge in [0.05, 0.1) is 18.9 Å². The first-order valence-electron chi connectivity index (χ1n) is 15.4. The molecule has 3 aliphatic heterocycles. The third kappa shape index (κ3) is 6.84. The number of anilines is 2. The second-order valence-electron chi connectivity index (χ2n) is 11.7. The second-order valence-corrected chi connectivity index (χ2v) is 13.8. The number of morpholine rings is 1. The number of piperazine rings is 1. The minimum Gasteiger partial charge on any atom is -0.381 e. The van der Waals surface area contributed by atoms with E-state index in [4.69, 9.17) is 4.74 Å². The molecule has 44 heavy (non-hydrogen) atoms. The van der Waals surface area contributed by atoms with E-state index in [0.29, 0.717) is 19.3 Å². The fourth-order valence-corrected chi connectivity index (χ4v) is 8.59. The summed E-state index contributed by atoms with van der Waals surface area (Å²) in [5.74, 6) is 0. The molecule has 0 amide bonds. The van der Waals surface area contributed by atoms with E-state index in [-0.39, 0.29) is 5.56 Å². The van der Waals surface area contributed by atoms with Crippen molar-refractivity contribution in [2.24, 2.45) is 0 Å².